The van der Waals surface area contributed by atoms with Crippen molar-refractivity contribution in [1.29, 1.82) is 0 Å². The molecule has 156 valence electrons. The van der Waals surface area contributed by atoms with E-state index in [-0.39, 0.29) is 5.11 Å². The zero-order chi connectivity index (χ0) is 21.4. The van der Waals surface area contributed by atoms with Gasteiger partial charge in [-0.1, -0.05) is 34.8 Å². The lowest BCUT2D eigenvalue weighted by atomic mass is 10.2. The van der Waals surface area contributed by atoms with E-state index in [2.05, 4.69) is 16.0 Å². The maximum atomic E-state index is 12.5. The molecule has 0 aliphatic rings. The van der Waals surface area contributed by atoms with Crippen LogP contribution in [0.3, 0.4) is 0 Å². The SMILES string of the molecule is CCOc1ccc(NC(=S)N[C@@H](NC(=O)c2ccc(OC)cc2)C(Cl)(Cl)Cl)cc1. The van der Waals surface area contributed by atoms with Gasteiger partial charge in [-0.2, -0.15) is 0 Å². The zero-order valence-electron chi connectivity index (χ0n) is 15.7. The summed E-state index contributed by atoms with van der Waals surface area (Å²) in [6.07, 6.45) is -1.08. The number of anilines is 1. The first kappa shape index (κ1) is 23.3. The monoisotopic (exact) mass is 475 g/mol. The van der Waals surface area contributed by atoms with E-state index in [0.717, 1.165) is 5.75 Å². The number of carbonyl (C=O) groups is 1. The zero-order valence-corrected chi connectivity index (χ0v) is 18.8. The molecule has 29 heavy (non-hydrogen) atoms. The molecule has 2 rings (SSSR count). The van der Waals surface area contributed by atoms with Gasteiger partial charge in [-0.3, -0.25) is 4.79 Å². The molecule has 0 bridgehead atoms. The Labute approximate surface area is 189 Å². The van der Waals surface area contributed by atoms with Gasteiger partial charge in [0, 0.05) is 11.3 Å². The number of thiocarbonyl (C=S) groups is 1. The fourth-order valence-electron chi connectivity index (χ4n) is 2.26. The van der Waals surface area contributed by atoms with Crippen LogP contribution in [0.1, 0.15) is 17.3 Å². The first-order valence-electron chi connectivity index (χ1n) is 8.55. The van der Waals surface area contributed by atoms with Crippen molar-refractivity contribution in [3.63, 3.8) is 0 Å². The number of carbonyl (C=O) groups excluding carboxylic acids is 1. The second-order valence-electron chi connectivity index (χ2n) is 5.73. The number of rotatable bonds is 7. The van der Waals surface area contributed by atoms with Gasteiger partial charge in [0.25, 0.3) is 5.91 Å². The van der Waals surface area contributed by atoms with Crippen molar-refractivity contribution in [2.45, 2.75) is 16.9 Å². The number of hydrogen-bond acceptors (Lipinski definition) is 4. The molecule has 0 radical (unpaired) electrons. The van der Waals surface area contributed by atoms with Crippen LogP contribution in [0.2, 0.25) is 0 Å². The van der Waals surface area contributed by atoms with E-state index in [1.54, 1.807) is 48.5 Å². The van der Waals surface area contributed by atoms with Crippen molar-refractivity contribution < 1.29 is 14.3 Å². The Balaban J connectivity index is 2.01. The fraction of sp³-hybridized carbons (Fsp3) is 0.263. The predicted molar refractivity (Wildman–Crippen MR) is 122 cm³/mol. The van der Waals surface area contributed by atoms with Crippen molar-refractivity contribution >= 4 is 63.7 Å². The van der Waals surface area contributed by atoms with Crippen molar-refractivity contribution in [3.8, 4) is 11.5 Å². The molecule has 0 unspecified atom stereocenters. The standard InChI is InChI=1S/C19H20Cl3N3O3S/c1-3-28-15-10-6-13(7-11-15)23-18(29)25-17(19(20,21)22)24-16(26)12-4-8-14(27-2)9-5-12/h4-11,17H,3H2,1-2H3,(H,24,26)(H2,23,25,29)/t17-/m1/s1. The van der Waals surface area contributed by atoms with Crippen LogP contribution in [0.4, 0.5) is 5.69 Å². The van der Waals surface area contributed by atoms with Crippen LogP contribution in [-0.2, 0) is 0 Å². The summed E-state index contributed by atoms with van der Waals surface area (Å²) in [5.41, 5.74) is 1.08. The number of alkyl halides is 3. The number of halogens is 3. The molecule has 1 amide bonds. The van der Waals surface area contributed by atoms with Gasteiger partial charge in [-0.05, 0) is 67.7 Å². The number of ether oxygens (including phenoxy) is 2. The minimum absolute atomic E-state index is 0.167. The summed E-state index contributed by atoms with van der Waals surface area (Å²) < 4.78 is 8.61. The first-order chi connectivity index (χ1) is 13.7. The van der Waals surface area contributed by atoms with Gasteiger partial charge in [-0.15, -0.1) is 0 Å². The van der Waals surface area contributed by atoms with Gasteiger partial charge in [-0.25, -0.2) is 0 Å². The van der Waals surface area contributed by atoms with Crippen LogP contribution >= 0.6 is 47.0 Å². The number of nitrogens with one attached hydrogen (secondary N) is 3. The Morgan fingerprint density at radius 3 is 2.14 bits per heavy atom. The van der Waals surface area contributed by atoms with Crippen LogP contribution in [-0.4, -0.2) is 34.7 Å². The van der Waals surface area contributed by atoms with Gasteiger partial charge in [0.2, 0.25) is 3.79 Å². The Morgan fingerprint density at radius 2 is 1.62 bits per heavy atom. The molecule has 0 heterocycles. The molecule has 2 aromatic carbocycles. The van der Waals surface area contributed by atoms with Crippen LogP contribution in [0.15, 0.2) is 48.5 Å². The molecule has 0 fully saturated rings. The maximum Gasteiger partial charge on any atom is 0.252 e. The highest BCUT2D eigenvalue weighted by Gasteiger charge is 2.34. The summed E-state index contributed by atoms with van der Waals surface area (Å²) in [4.78, 5) is 12.5. The summed E-state index contributed by atoms with van der Waals surface area (Å²) in [5, 5.41) is 8.55. The number of hydrogen-bond donors (Lipinski definition) is 3. The van der Waals surface area contributed by atoms with E-state index in [4.69, 9.17) is 56.5 Å². The smallest absolute Gasteiger partial charge is 0.252 e. The fourth-order valence-corrected chi connectivity index (χ4v) is 2.82. The van der Waals surface area contributed by atoms with Crippen LogP contribution < -0.4 is 25.4 Å². The molecule has 0 aliphatic carbocycles. The van der Waals surface area contributed by atoms with Gasteiger partial charge in [0.05, 0.1) is 13.7 Å². The maximum absolute atomic E-state index is 12.5. The van der Waals surface area contributed by atoms with Crippen LogP contribution in [0.25, 0.3) is 0 Å². The summed E-state index contributed by atoms with van der Waals surface area (Å²) in [6, 6.07) is 13.7. The Bertz CT molecular complexity index is 827. The Morgan fingerprint density at radius 1 is 1.03 bits per heavy atom. The van der Waals surface area contributed by atoms with E-state index in [9.17, 15) is 4.79 Å². The molecular formula is C19H20Cl3N3O3S. The third-order valence-corrected chi connectivity index (χ3v) is 4.53. The second kappa shape index (κ2) is 10.7. The minimum Gasteiger partial charge on any atom is -0.497 e. The summed E-state index contributed by atoms with van der Waals surface area (Å²) in [7, 11) is 1.54. The number of methoxy groups -OCH3 is 1. The molecule has 0 spiro atoms. The highest BCUT2D eigenvalue weighted by Crippen LogP contribution is 2.29. The van der Waals surface area contributed by atoms with Gasteiger partial charge < -0.3 is 25.4 Å². The van der Waals surface area contributed by atoms with Crippen molar-refractivity contribution in [1.82, 2.24) is 10.6 Å². The summed E-state index contributed by atoms with van der Waals surface area (Å²) in [6.45, 7) is 2.48. The van der Waals surface area contributed by atoms with Crippen LogP contribution in [0, 0.1) is 0 Å². The van der Waals surface area contributed by atoms with Crippen molar-refractivity contribution in [3.05, 3.63) is 54.1 Å². The third-order valence-electron chi connectivity index (χ3n) is 3.65. The van der Waals surface area contributed by atoms with Crippen LogP contribution in [0.5, 0.6) is 11.5 Å². The van der Waals surface area contributed by atoms with Crippen molar-refractivity contribution in [2.24, 2.45) is 0 Å². The molecule has 6 nitrogen and oxygen atoms in total. The Hall–Kier alpha value is -1.93. The highest BCUT2D eigenvalue weighted by molar-refractivity contribution is 7.80. The first-order valence-corrected chi connectivity index (χ1v) is 10.1. The lowest BCUT2D eigenvalue weighted by Gasteiger charge is -2.27. The van der Waals surface area contributed by atoms with E-state index in [0.29, 0.717) is 23.6 Å². The molecule has 0 saturated heterocycles. The average molecular weight is 477 g/mol. The predicted octanol–water partition coefficient (Wildman–Crippen LogP) is 4.51. The van der Waals surface area contributed by atoms with Crippen molar-refractivity contribution in [2.75, 3.05) is 19.0 Å². The number of amides is 1. The summed E-state index contributed by atoms with van der Waals surface area (Å²) in [5.74, 6) is 0.918. The molecule has 0 aliphatic heterocycles. The largest absolute Gasteiger partial charge is 0.497 e. The molecule has 0 aromatic heterocycles. The van der Waals surface area contributed by atoms with E-state index in [1.165, 1.54) is 7.11 Å². The summed E-state index contributed by atoms with van der Waals surface area (Å²) >= 11 is 23.3. The minimum atomic E-state index is -1.85. The van der Waals surface area contributed by atoms with E-state index in [1.807, 2.05) is 6.92 Å². The topological polar surface area (TPSA) is 71.6 Å². The third kappa shape index (κ3) is 7.44. The lowest BCUT2D eigenvalue weighted by Crippen LogP contribution is -2.56. The molecule has 2 aromatic rings. The number of benzene rings is 2. The molecule has 3 N–H and O–H groups in total. The van der Waals surface area contributed by atoms with Gasteiger partial charge >= 0.3 is 0 Å². The quantitative estimate of drug-likeness (QED) is 0.310. The molecule has 1 atom stereocenters. The van der Waals surface area contributed by atoms with E-state index >= 15 is 0 Å². The van der Waals surface area contributed by atoms with Gasteiger partial charge in [0.1, 0.15) is 17.7 Å². The second-order valence-corrected chi connectivity index (χ2v) is 8.51. The normalized spacial score (nSPS) is 11.9. The van der Waals surface area contributed by atoms with E-state index < -0.39 is 15.9 Å². The molecule has 0 saturated carbocycles. The molecular weight excluding hydrogens is 457 g/mol. The lowest BCUT2D eigenvalue weighted by molar-refractivity contribution is 0.0934. The van der Waals surface area contributed by atoms with Gasteiger partial charge in [0.15, 0.2) is 5.11 Å². The average Bonchev–Trinajstić information content (AvgIpc) is 2.68. The Kier molecular flexibility index (Phi) is 8.64. The molecule has 10 heteroatoms. The highest BCUT2D eigenvalue weighted by atomic mass is 35.6.